The lowest BCUT2D eigenvalue weighted by atomic mass is 9.94. The number of benzene rings is 2. The largest absolute Gasteiger partial charge is 0.416 e. The Bertz CT molecular complexity index is 809. The van der Waals surface area contributed by atoms with Crippen LogP contribution in [0.1, 0.15) is 22.8 Å². The average Bonchev–Trinajstić information content (AvgIpc) is 2.53. The SMILES string of the molecule is OC(c1cnccc1C(F)(F)F)c1cccc2ccccc12. The first-order chi connectivity index (χ1) is 10.5. The molecule has 0 fully saturated rings. The maximum atomic E-state index is 13.1. The quantitative estimate of drug-likeness (QED) is 0.764. The second-order valence-corrected chi connectivity index (χ2v) is 4.93. The van der Waals surface area contributed by atoms with Crippen LogP contribution in [0.4, 0.5) is 13.2 Å². The molecule has 1 N–H and O–H groups in total. The van der Waals surface area contributed by atoms with Crippen molar-refractivity contribution in [2.24, 2.45) is 0 Å². The standard InChI is InChI=1S/C17H12F3NO/c18-17(19,20)15-8-9-21-10-14(15)16(22)13-7-3-5-11-4-1-2-6-12(11)13/h1-10,16,22H. The van der Waals surface area contributed by atoms with E-state index in [0.29, 0.717) is 5.56 Å². The van der Waals surface area contributed by atoms with Crippen LogP contribution in [-0.4, -0.2) is 10.1 Å². The number of halogens is 3. The molecule has 0 saturated carbocycles. The minimum Gasteiger partial charge on any atom is -0.384 e. The van der Waals surface area contributed by atoms with Gasteiger partial charge in [0.05, 0.1) is 5.56 Å². The van der Waals surface area contributed by atoms with Gasteiger partial charge in [-0.1, -0.05) is 42.5 Å². The molecule has 112 valence electrons. The van der Waals surface area contributed by atoms with Crippen molar-refractivity contribution in [3.05, 3.63) is 77.6 Å². The highest BCUT2D eigenvalue weighted by Gasteiger charge is 2.35. The molecule has 1 unspecified atom stereocenters. The molecule has 5 heteroatoms. The molecule has 1 heterocycles. The zero-order valence-electron chi connectivity index (χ0n) is 11.4. The molecular weight excluding hydrogens is 291 g/mol. The van der Waals surface area contributed by atoms with E-state index in [-0.39, 0.29) is 5.56 Å². The van der Waals surface area contributed by atoms with E-state index in [2.05, 4.69) is 4.98 Å². The zero-order chi connectivity index (χ0) is 15.7. The maximum absolute atomic E-state index is 13.1. The van der Waals surface area contributed by atoms with Crippen molar-refractivity contribution in [2.45, 2.75) is 12.3 Å². The molecule has 22 heavy (non-hydrogen) atoms. The minimum atomic E-state index is -4.54. The van der Waals surface area contributed by atoms with Crippen LogP contribution in [0, 0.1) is 0 Å². The van der Waals surface area contributed by atoms with Crippen molar-refractivity contribution in [3.8, 4) is 0 Å². The molecule has 0 bridgehead atoms. The third kappa shape index (κ3) is 2.55. The molecule has 0 spiro atoms. The Morgan fingerprint density at radius 3 is 2.41 bits per heavy atom. The van der Waals surface area contributed by atoms with E-state index in [1.807, 2.05) is 18.2 Å². The summed E-state index contributed by atoms with van der Waals surface area (Å²) in [7, 11) is 0. The van der Waals surface area contributed by atoms with Crippen molar-refractivity contribution in [1.29, 1.82) is 0 Å². The molecule has 0 aliphatic heterocycles. The number of pyridine rings is 1. The van der Waals surface area contributed by atoms with Gasteiger partial charge in [0.15, 0.2) is 0 Å². The van der Waals surface area contributed by atoms with E-state index in [1.54, 1.807) is 24.3 Å². The first kappa shape index (κ1) is 14.5. The molecular formula is C17H12F3NO. The van der Waals surface area contributed by atoms with Gasteiger partial charge in [0.2, 0.25) is 0 Å². The smallest absolute Gasteiger partial charge is 0.384 e. The van der Waals surface area contributed by atoms with Crippen LogP contribution >= 0.6 is 0 Å². The zero-order valence-corrected chi connectivity index (χ0v) is 11.4. The summed E-state index contributed by atoms with van der Waals surface area (Å²) in [5.41, 5.74) is -0.689. The lowest BCUT2D eigenvalue weighted by molar-refractivity contribution is -0.139. The Balaban J connectivity index is 2.17. The first-order valence-corrected chi connectivity index (χ1v) is 6.65. The van der Waals surface area contributed by atoms with Crippen LogP contribution in [0.2, 0.25) is 0 Å². The van der Waals surface area contributed by atoms with Gasteiger partial charge in [0, 0.05) is 18.0 Å². The number of hydrogen-bond acceptors (Lipinski definition) is 2. The summed E-state index contributed by atoms with van der Waals surface area (Å²) in [6, 6.07) is 13.3. The topological polar surface area (TPSA) is 33.1 Å². The van der Waals surface area contributed by atoms with Gasteiger partial charge in [-0.05, 0) is 22.4 Å². The van der Waals surface area contributed by atoms with Crippen LogP contribution in [0.3, 0.4) is 0 Å². The first-order valence-electron chi connectivity index (χ1n) is 6.65. The fourth-order valence-corrected chi connectivity index (χ4v) is 2.54. The maximum Gasteiger partial charge on any atom is 0.416 e. The van der Waals surface area contributed by atoms with Gasteiger partial charge in [0.1, 0.15) is 6.10 Å². The number of aliphatic hydroxyl groups excluding tert-OH is 1. The van der Waals surface area contributed by atoms with Crippen molar-refractivity contribution >= 4 is 10.8 Å². The van der Waals surface area contributed by atoms with Gasteiger partial charge in [-0.25, -0.2) is 0 Å². The van der Waals surface area contributed by atoms with E-state index in [0.717, 1.165) is 29.2 Å². The summed E-state index contributed by atoms with van der Waals surface area (Å²) >= 11 is 0. The molecule has 3 aromatic rings. The van der Waals surface area contributed by atoms with Crippen LogP contribution in [-0.2, 0) is 6.18 Å². The summed E-state index contributed by atoms with van der Waals surface area (Å²) in [6.07, 6.45) is -3.79. The van der Waals surface area contributed by atoms with E-state index in [9.17, 15) is 18.3 Å². The van der Waals surface area contributed by atoms with Gasteiger partial charge in [0.25, 0.3) is 0 Å². The number of alkyl halides is 3. The molecule has 0 radical (unpaired) electrons. The third-order valence-corrected chi connectivity index (χ3v) is 3.57. The third-order valence-electron chi connectivity index (χ3n) is 3.57. The van der Waals surface area contributed by atoms with E-state index >= 15 is 0 Å². The van der Waals surface area contributed by atoms with E-state index in [4.69, 9.17) is 0 Å². The summed E-state index contributed by atoms with van der Waals surface area (Å²) in [6.45, 7) is 0. The predicted octanol–water partition coefficient (Wildman–Crippen LogP) is 4.34. The van der Waals surface area contributed by atoms with Crippen LogP contribution in [0.15, 0.2) is 60.9 Å². The Labute approximate surface area is 124 Å². The van der Waals surface area contributed by atoms with Gasteiger partial charge in [-0.3, -0.25) is 4.98 Å². The molecule has 0 aliphatic carbocycles. The molecule has 1 aromatic heterocycles. The van der Waals surface area contributed by atoms with Crippen molar-refractivity contribution in [1.82, 2.24) is 4.98 Å². The van der Waals surface area contributed by atoms with E-state index in [1.165, 1.54) is 0 Å². The number of rotatable bonds is 2. The monoisotopic (exact) mass is 303 g/mol. The molecule has 1 atom stereocenters. The second-order valence-electron chi connectivity index (χ2n) is 4.93. The fourth-order valence-electron chi connectivity index (χ4n) is 2.54. The number of fused-ring (bicyclic) bond motifs is 1. The number of aliphatic hydroxyl groups is 1. The van der Waals surface area contributed by atoms with Gasteiger partial charge in [-0.15, -0.1) is 0 Å². The number of aromatic nitrogens is 1. The molecule has 0 aliphatic rings. The van der Waals surface area contributed by atoms with Gasteiger partial charge >= 0.3 is 6.18 Å². The van der Waals surface area contributed by atoms with Crippen molar-refractivity contribution in [2.75, 3.05) is 0 Å². The molecule has 0 saturated heterocycles. The number of nitrogens with zero attached hydrogens (tertiary/aromatic N) is 1. The van der Waals surface area contributed by atoms with Crippen LogP contribution in [0.25, 0.3) is 10.8 Å². The number of hydrogen-bond donors (Lipinski definition) is 1. The fraction of sp³-hybridized carbons (Fsp3) is 0.118. The lowest BCUT2D eigenvalue weighted by Gasteiger charge is -2.18. The Hall–Kier alpha value is -2.40. The van der Waals surface area contributed by atoms with Gasteiger partial charge < -0.3 is 5.11 Å². The predicted molar refractivity (Wildman–Crippen MR) is 77.2 cm³/mol. The lowest BCUT2D eigenvalue weighted by Crippen LogP contribution is -2.13. The summed E-state index contributed by atoms with van der Waals surface area (Å²) in [5.74, 6) is 0. The van der Waals surface area contributed by atoms with Crippen molar-refractivity contribution < 1.29 is 18.3 Å². The van der Waals surface area contributed by atoms with E-state index < -0.39 is 17.8 Å². The molecule has 2 aromatic carbocycles. The molecule has 0 amide bonds. The Morgan fingerprint density at radius 2 is 1.64 bits per heavy atom. The highest BCUT2D eigenvalue weighted by Crippen LogP contribution is 2.37. The van der Waals surface area contributed by atoms with Crippen LogP contribution in [0.5, 0.6) is 0 Å². The second kappa shape index (κ2) is 5.42. The summed E-state index contributed by atoms with van der Waals surface area (Å²) in [5, 5.41) is 12.1. The summed E-state index contributed by atoms with van der Waals surface area (Å²) in [4.78, 5) is 3.73. The highest BCUT2D eigenvalue weighted by molar-refractivity contribution is 5.86. The molecule has 3 rings (SSSR count). The van der Waals surface area contributed by atoms with Crippen molar-refractivity contribution in [3.63, 3.8) is 0 Å². The molecule has 2 nitrogen and oxygen atoms in total. The Kier molecular flexibility index (Phi) is 3.58. The van der Waals surface area contributed by atoms with Crippen LogP contribution < -0.4 is 0 Å². The average molecular weight is 303 g/mol. The Morgan fingerprint density at radius 1 is 0.909 bits per heavy atom. The summed E-state index contributed by atoms with van der Waals surface area (Å²) < 4.78 is 39.3. The minimum absolute atomic E-state index is 0.244. The normalized spacial score (nSPS) is 13.3. The highest BCUT2D eigenvalue weighted by atomic mass is 19.4. The van der Waals surface area contributed by atoms with Gasteiger partial charge in [-0.2, -0.15) is 13.2 Å².